The van der Waals surface area contributed by atoms with Crippen LogP contribution in [-0.4, -0.2) is 15.0 Å². The number of aromatic nitrogens is 1. The Kier molecular flexibility index (Phi) is 2.61. The maximum Gasteiger partial charge on any atom is 0.278 e. The van der Waals surface area contributed by atoms with E-state index in [0.29, 0.717) is 0 Å². The number of aromatic amines is 1. The second kappa shape index (κ2) is 4.09. The molecule has 0 amide bonds. The van der Waals surface area contributed by atoms with Gasteiger partial charge in [-0.3, -0.25) is 14.9 Å². The largest absolute Gasteiger partial charge is 0.503 e. The molecule has 0 fully saturated rings. The van der Waals surface area contributed by atoms with Crippen LogP contribution in [0.5, 0.6) is 5.75 Å². The predicted molar refractivity (Wildman–Crippen MR) is 60.8 cm³/mol. The van der Waals surface area contributed by atoms with Crippen molar-refractivity contribution in [1.29, 1.82) is 0 Å². The van der Waals surface area contributed by atoms with Crippen molar-refractivity contribution in [3.63, 3.8) is 0 Å². The molecule has 0 unspecified atom stereocenters. The third-order valence-electron chi connectivity index (χ3n) is 2.30. The lowest BCUT2D eigenvalue weighted by Gasteiger charge is -2.04. The fourth-order valence-corrected chi connectivity index (χ4v) is 1.52. The van der Waals surface area contributed by atoms with Crippen LogP contribution in [0.4, 0.5) is 5.69 Å². The molecule has 1 heterocycles. The molecule has 0 saturated carbocycles. The van der Waals surface area contributed by atoms with Gasteiger partial charge >= 0.3 is 0 Å². The SMILES string of the molecule is O=c1cc[nH]c(-c2ccccc2[N+](=O)[O-])c1O. The minimum atomic E-state index is -0.586. The van der Waals surface area contributed by atoms with E-state index in [0.717, 1.165) is 6.07 Å². The third-order valence-corrected chi connectivity index (χ3v) is 2.30. The fourth-order valence-electron chi connectivity index (χ4n) is 1.52. The Labute approximate surface area is 95.3 Å². The Bertz CT molecular complexity index is 633. The Morgan fingerprint density at radius 1 is 1.24 bits per heavy atom. The zero-order chi connectivity index (χ0) is 12.4. The number of nitro groups is 1. The van der Waals surface area contributed by atoms with Gasteiger partial charge in [-0.25, -0.2) is 0 Å². The summed E-state index contributed by atoms with van der Waals surface area (Å²) in [5.41, 5.74) is -0.543. The summed E-state index contributed by atoms with van der Waals surface area (Å²) in [6.45, 7) is 0. The van der Waals surface area contributed by atoms with Gasteiger partial charge in [0.15, 0.2) is 5.75 Å². The molecule has 6 heteroatoms. The van der Waals surface area contributed by atoms with Gasteiger partial charge in [-0.2, -0.15) is 0 Å². The van der Waals surface area contributed by atoms with E-state index in [9.17, 15) is 20.0 Å². The number of H-pyrrole nitrogens is 1. The van der Waals surface area contributed by atoms with E-state index in [1.54, 1.807) is 6.07 Å². The fraction of sp³-hybridized carbons (Fsp3) is 0. The highest BCUT2D eigenvalue weighted by Gasteiger charge is 2.18. The van der Waals surface area contributed by atoms with Crippen LogP contribution >= 0.6 is 0 Å². The zero-order valence-corrected chi connectivity index (χ0v) is 8.58. The first kappa shape index (κ1) is 10.9. The van der Waals surface area contributed by atoms with Crippen LogP contribution in [0.3, 0.4) is 0 Å². The number of nitrogens with zero attached hydrogens (tertiary/aromatic N) is 1. The van der Waals surface area contributed by atoms with Crippen molar-refractivity contribution in [2.24, 2.45) is 0 Å². The molecule has 1 aromatic carbocycles. The maximum absolute atomic E-state index is 11.3. The number of nitrogens with one attached hydrogen (secondary N) is 1. The molecule has 0 aliphatic rings. The topological polar surface area (TPSA) is 96.2 Å². The first-order valence-electron chi connectivity index (χ1n) is 4.75. The van der Waals surface area contributed by atoms with Crippen molar-refractivity contribution in [1.82, 2.24) is 4.98 Å². The predicted octanol–water partition coefficient (Wildman–Crippen LogP) is 1.66. The van der Waals surface area contributed by atoms with Gasteiger partial charge in [0.05, 0.1) is 16.2 Å². The molecule has 6 nitrogen and oxygen atoms in total. The first-order valence-corrected chi connectivity index (χ1v) is 4.75. The summed E-state index contributed by atoms with van der Waals surface area (Å²) in [6, 6.07) is 7.02. The molecule has 0 bridgehead atoms. The standard InChI is InChI=1S/C11H8N2O4/c14-9-5-6-12-10(11(9)15)7-3-1-2-4-8(7)13(16)17/h1-6,15H,(H,12,14). The van der Waals surface area contributed by atoms with Gasteiger partial charge in [-0.05, 0) is 6.07 Å². The highest BCUT2D eigenvalue weighted by Crippen LogP contribution is 2.31. The summed E-state index contributed by atoms with van der Waals surface area (Å²) in [4.78, 5) is 24.1. The second-order valence-corrected chi connectivity index (χ2v) is 3.34. The van der Waals surface area contributed by atoms with Gasteiger partial charge in [0.1, 0.15) is 0 Å². The summed E-state index contributed by atoms with van der Waals surface area (Å²) < 4.78 is 0. The number of aromatic hydroxyl groups is 1. The first-order chi connectivity index (χ1) is 8.11. The molecule has 2 aromatic rings. The molecule has 17 heavy (non-hydrogen) atoms. The molecule has 2 rings (SSSR count). The molecular weight excluding hydrogens is 224 g/mol. The summed E-state index contributed by atoms with van der Waals surface area (Å²) in [6.07, 6.45) is 1.33. The van der Waals surface area contributed by atoms with E-state index in [1.807, 2.05) is 0 Å². The summed E-state index contributed by atoms with van der Waals surface area (Å²) in [5.74, 6) is -0.526. The van der Waals surface area contributed by atoms with Crippen molar-refractivity contribution in [2.75, 3.05) is 0 Å². The van der Waals surface area contributed by atoms with Gasteiger partial charge in [0.2, 0.25) is 5.43 Å². The van der Waals surface area contributed by atoms with Crippen LogP contribution in [0.1, 0.15) is 0 Å². The van der Waals surface area contributed by atoms with Gasteiger partial charge < -0.3 is 10.1 Å². The number of hydrogen-bond acceptors (Lipinski definition) is 4. The number of nitro benzene ring substituents is 1. The van der Waals surface area contributed by atoms with Crippen LogP contribution in [0.25, 0.3) is 11.3 Å². The lowest BCUT2D eigenvalue weighted by molar-refractivity contribution is -0.384. The molecule has 0 aliphatic heterocycles. The quantitative estimate of drug-likeness (QED) is 0.607. The summed E-state index contributed by atoms with van der Waals surface area (Å²) in [5, 5.41) is 20.4. The Hall–Kier alpha value is -2.63. The smallest absolute Gasteiger partial charge is 0.278 e. The summed E-state index contributed by atoms with van der Waals surface area (Å²) in [7, 11) is 0. The van der Waals surface area contributed by atoms with Crippen molar-refractivity contribution < 1.29 is 10.0 Å². The van der Waals surface area contributed by atoms with E-state index in [4.69, 9.17) is 0 Å². The lowest BCUT2D eigenvalue weighted by Crippen LogP contribution is -2.02. The van der Waals surface area contributed by atoms with Crippen LogP contribution < -0.4 is 5.43 Å². The lowest BCUT2D eigenvalue weighted by atomic mass is 10.1. The molecule has 0 aliphatic carbocycles. The Balaban J connectivity index is 2.73. The van der Waals surface area contributed by atoms with Crippen molar-refractivity contribution in [3.8, 4) is 17.0 Å². The number of pyridine rings is 1. The monoisotopic (exact) mass is 232 g/mol. The Morgan fingerprint density at radius 2 is 1.94 bits per heavy atom. The average Bonchev–Trinajstić information content (AvgIpc) is 2.33. The number of para-hydroxylation sites is 1. The minimum Gasteiger partial charge on any atom is -0.503 e. The van der Waals surface area contributed by atoms with Crippen LogP contribution in [0, 0.1) is 10.1 Å². The maximum atomic E-state index is 11.3. The van der Waals surface area contributed by atoms with E-state index in [2.05, 4.69) is 4.98 Å². The van der Waals surface area contributed by atoms with Crippen LogP contribution in [0.15, 0.2) is 41.3 Å². The molecule has 0 radical (unpaired) electrons. The molecular formula is C11H8N2O4. The molecule has 0 atom stereocenters. The average molecular weight is 232 g/mol. The molecule has 0 saturated heterocycles. The van der Waals surface area contributed by atoms with E-state index >= 15 is 0 Å². The van der Waals surface area contributed by atoms with Crippen LogP contribution in [0.2, 0.25) is 0 Å². The van der Waals surface area contributed by atoms with E-state index < -0.39 is 16.1 Å². The molecule has 2 N–H and O–H groups in total. The third kappa shape index (κ3) is 1.87. The number of rotatable bonds is 2. The normalized spacial score (nSPS) is 10.1. The Morgan fingerprint density at radius 3 is 2.65 bits per heavy atom. The molecule has 0 spiro atoms. The van der Waals surface area contributed by atoms with Gasteiger partial charge in [-0.15, -0.1) is 0 Å². The summed E-state index contributed by atoms with van der Waals surface area (Å²) >= 11 is 0. The van der Waals surface area contributed by atoms with E-state index in [-0.39, 0.29) is 16.9 Å². The number of benzene rings is 1. The van der Waals surface area contributed by atoms with Gasteiger partial charge in [-0.1, -0.05) is 12.1 Å². The minimum absolute atomic E-state index is 0.0461. The number of hydrogen-bond donors (Lipinski definition) is 2. The van der Waals surface area contributed by atoms with Crippen molar-refractivity contribution >= 4 is 5.69 Å². The zero-order valence-electron chi connectivity index (χ0n) is 8.58. The van der Waals surface area contributed by atoms with E-state index in [1.165, 1.54) is 24.4 Å². The highest BCUT2D eigenvalue weighted by atomic mass is 16.6. The highest BCUT2D eigenvalue weighted by molar-refractivity contribution is 5.74. The van der Waals surface area contributed by atoms with Crippen molar-refractivity contribution in [3.05, 3.63) is 56.9 Å². The second-order valence-electron chi connectivity index (χ2n) is 3.34. The van der Waals surface area contributed by atoms with Crippen LogP contribution in [-0.2, 0) is 0 Å². The van der Waals surface area contributed by atoms with Gasteiger partial charge in [0, 0.05) is 18.3 Å². The molecule has 1 aromatic heterocycles. The van der Waals surface area contributed by atoms with Gasteiger partial charge in [0.25, 0.3) is 5.69 Å². The molecule has 86 valence electrons. The van der Waals surface area contributed by atoms with Crippen molar-refractivity contribution in [2.45, 2.75) is 0 Å².